The first-order chi connectivity index (χ1) is 8.97. The first-order valence-corrected chi connectivity index (χ1v) is 6.00. The van der Waals surface area contributed by atoms with Gasteiger partial charge in [-0.3, -0.25) is 14.5 Å². The standard InChI is InChI=1S/C12H8FNO4S/c13-8-3-1-7(2-4-8)5-9-11(17)14(6-10(15)16)12(18)19-9/h1-5H,6H2,(H,15,16)/p-1/b9-5-. The van der Waals surface area contributed by atoms with E-state index in [1.54, 1.807) is 0 Å². The van der Waals surface area contributed by atoms with Crippen molar-refractivity contribution >= 4 is 35.0 Å². The van der Waals surface area contributed by atoms with E-state index in [9.17, 15) is 23.9 Å². The zero-order valence-electron chi connectivity index (χ0n) is 9.46. The van der Waals surface area contributed by atoms with Gasteiger partial charge in [-0.05, 0) is 35.5 Å². The Hall–Kier alpha value is -2.15. The SMILES string of the molecule is O=C([O-])CN1C(=O)S/C(=C\c2ccc(F)cc2)C1=O. The molecule has 0 radical (unpaired) electrons. The molecule has 1 aliphatic rings. The van der Waals surface area contributed by atoms with Crippen LogP contribution in [0.4, 0.5) is 9.18 Å². The highest BCUT2D eigenvalue weighted by Crippen LogP contribution is 2.31. The van der Waals surface area contributed by atoms with Crippen LogP contribution in [-0.4, -0.2) is 28.6 Å². The Morgan fingerprint density at radius 3 is 2.53 bits per heavy atom. The van der Waals surface area contributed by atoms with Crippen molar-refractivity contribution in [2.75, 3.05) is 6.54 Å². The highest BCUT2D eigenvalue weighted by molar-refractivity contribution is 8.18. The molecule has 1 aromatic carbocycles. The zero-order chi connectivity index (χ0) is 14.0. The van der Waals surface area contributed by atoms with Crippen LogP contribution in [0.5, 0.6) is 0 Å². The van der Waals surface area contributed by atoms with E-state index < -0.39 is 29.5 Å². The molecule has 0 saturated carbocycles. The summed E-state index contributed by atoms with van der Waals surface area (Å²) in [6, 6.07) is 5.33. The fourth-order valence-electron chi connectivity index (χ4n) is 1.48. The zero-order valence-corrected chi connectivity index (χ0v) is 10.3. The number of nitrogens with zero attached hydrogens (tertiary/aromatic N) is 1. The first kappa shape index (κ1) is 13.3. The van der Waals surface area contributed by atoms with E-state index in [1.807, 2.05) is 0 Å². The number of rotatable bonds is 3. The van der Waals surface area contributed by atoms with Crippen LogP contribution < -0.4 is 5.11 Å². The molecule has 1 aromatic rings. The molecule has 0 aromatic heterocycles. The molecule has 1 aliphatic heterocycles. The van der Waals surface area contributed by atoms with Gasteiger partial charge in [0.05, 0.1) is 17.4 Å². The smallest absolute Gasteiger partial charge is 0.293 e. The predicted octanol–water partition coefficient (Wildman–Crippen LogP) is 0.612. The van der Waals surface area contributed by atoms with Crippen LogP contribution in [0.25, 0.3) is 6.08 Å². The van der Waals surface area contributed by atoms with E-state index in [0.29, 0.717) is 22.2 Å². The lowest BCUT2D eigenvalue weighted by Gasteiger charge is -2.12. The van der Waals surface area contributed by atoms with Crippen molar-refractivity contribution < 1.29 is 23.9 Å². The number of aliphatic carboxylic acids is 1. The number of imide groups is 1. The Kier molecular flexibility index (Phi) is 3.66. The van der Waals surface area contributed by atoms with Crippen LogP contribution in [0.2, 0.25) is 0 Å². The maximum atomic E-state index is 12.7. The number of halogens is 1. The number of carbonyl (C=O) groups excluding carboxylic acids is 3. The number of carboxylic acid groups (broad SMARTS) is 1. The molecule has 0 bridgehead atoms. The van der Waals surface area contributed by atoms with Crippen molar-refractivity contribution in [2.45, 2.75) is 0 Å². The van der Waals surface area contributed by atoms with Crippen molar-refractivity contribution in [2.24, 2.45) is 0 Å². The van der Waals surface area contributed by atoms with Gasteiger partial charge in [0.15, 0.2) is 0 Å². The van der Waals surface area contributed by atoms with Gasteiger partial charge in [-0.2, -0.15) is 0 Å². The summed E-state index contributed by atoms with van der Waals surface area (Å²) in [7, 11) is 0. The van der Waals surface area contributed by atoms with Gasteiger partial charge in [-0.15, -0.1) is 0 Å². The Morgan fingerprint density at radius 1 is 1.32 bits per heavy atom. The van der Waals surface area contributed by atoms with Crippen LogP contribution in [0.15, 0.2) is 29.2 Å². The molecule has 1 heterocycles. The molecule has 0 spiro atoms. The molecule has 98 valence electrons. The van der Waals surface area contributed by atoms with Crippen LogP contribution in [0.1, 0.15) is 5.56 Å². The Morgan fingerprint density at radius 2 is 1.95 bits per heavy atom. The van der Waals surface area contributed by atoms with E-state index >= 15 is 0 Å². The minimum Gasteiger partial charge on any atom is -0.548 e. The average molecular weight is 280 g/mol. The van der Waals surface area contributed by atoms with Gasteiger partial charge in [0.1, 0.15) is 5.82 Å². The van der Waals surface area contributed by atoms with Crippen molar-refractivity contribution in [3.63, 3.8) is 0 Å². The Labute approximate surface area is 111 Å². The summed E-state index contributed by atoms with van der Waals surface area (Å²) in [4.78, 5) is 34.3. The molecule has 1 saturated heterocycles. The summed E-state index contributed by atoms with van der Waals surface area (Å²) in [6.07, 6.45) is 1.40. The summed E-state index contributed by atoms with van der Waals surface area (Å²) in [5.41, 5.74) is 0.542. The van der Waals surface area contributed by atoms with Gasteiger partial charge in [0.25, 0.3) is 11.1 Å². The van der Waals surface area contributed by atoms with Crippen molar-refractivity contribution in [3.8, 4) is 0 Å². The van der Waals surface area contributed by atoms with Gasteiger partial charge < -0.3 is 9.90 Å². The lowest BCUT2D eigenvalue weighted by molar-refractivity contribution is -0.305. The largest absolute Gasteiger partial charge is 0.548 e. The second-order valence-corrected chi connectivity index (χ2v) is 4.68. The van der Waals surface area contributed by atoms with Crippen molar-refractivity contribution in [3.05, 3.63) is 40.6 Å². The second-order valence-electron chi connectivity index (χ2n) is 3.69. The molecule has 7 heteroatoms. The third kappa shape index (κ3) is 3.00. The highest BCUT2D eigenvalue weighted by atomic mass is 32.2. The number of hydrogen-bond acceptors (Lipinski definition) is 5. The molecule has 0 atom stereocenters. The quantitative estimate of drug-likeness (QED) is 0.758. The number of benzene rings is 1. The van der Waals surface area contributed by atoms with Gasteiger partial charge in [0.2, 0.25) is 0 Å². The number of carbonyl (C=O) groups is 3. The fraction of sp³-hybridized carbons (Fsp3) is 0.0833. The second kappa shape index (κ2) is 5.23. The topological polar surface area (TPSA) is 77.5 Å². The van der Waals surface area contributed by atoms with Gasteiger partial charge in [-0.25, -0.2) is 4.39 Å². The Bertz CT molecular complexity index is 582. The summed E-state index contributed by atoms with van der Waals surface area (Å²) < 4.78 is 12.7. The van der Waals surface area contributed by atoms with Crippen molar-refractivity contribution in [1.29, 1.82) is 0 Å². The minimum absolute atomic E-state index is 0.0952. The third-order valence-corrected chi connectivity index (χ3v) is 3.24. The number of carboxylic acids is 1. The normalized spacial score (nSPS) is 17.3. The summed E-state index contributed by atoms with van der Waals surface area (Å²) >= 11 is 0.636. The lowest BCUT2D eigenvalue weighted by Crippen LogP contribution is -2.40. The Balaban J connectivity index is 2.23. The molecule has 19 heavy (non-hydrogen) atoms. The van der Waals surface area contributed by atoms with E-state index in [4.69, 9.17) is 0 Å². The molecule has 2 amide bonds. The molecule has 2 rings (SSSR count). The highest BCUT2D eigenvalue weighted by Gasteiger charge is 2.34. The van der Waals surface area contributed by atoms with Crippen LogP contribution >= 0.6 is 11.8 Å². The van der Waals surface area contributed by atoms with E-state index in [0.717, 1.165) is 0 Å². The molecular weight excluding hydrogens is 273 g/mol. The predicted molar refractivity (Wildman–Crippen MR) is 64.1 cm³/mol. The van der Waals surface area contributed by atoms with Crippen LogP contribution in [-0.2, 0) is 9.59 Å². The van der Waals surface area contributed by atoms with Gasteiger partial charge in [0, 0.05) is 0 Å². The van der Waals surface area contributed by atoms with Gasteiger partial charge in [-0.1, -0.05) is 12.1 Å². The average Bonchev–Trinajstić information content (AvgIpc) is 2.60. The van der Waals surface area contributed by atoms with Crippen LogP contribution in [0, 0.1) is 5.82 Å². The monoisotopic (exact) mass is 280 g/mol. The summed E-state index contributed by atoms with van der Waals surface area (Å²) in [6.45, 7) is -0.772. The molecule has 0 unspecified atom stereocenters. The maximum absolute atomic E-state index is 12.7. The number of amides is 2. The van der Waals surface area contributed by atoms with E-state index in [1.165, 1.54) is 30.3 Å². The van der Waals surface area contributed by atoms with Crippen LogP contribution in [0.3, 0.4) is 0 Å². The van der Waals surface area contributed by atoms with Gasteiger partial charge >= 0.3 is 0 Å². The third-order valence-electron chi connectivity index (χ3n) is 2.33. The first-order valence-electron chi connectivity index (χ1n) is 5.18. The number of thioether (sulfide) groups is 1. The lowest BCUT2D eigenvalue weighted by atomic mass is 10.2. The number of hydrogen-bond donors (Lipinski definition) is 0. The molecule has 1 fully saturated rings. The maximum Gasteiger partial charge on any atom is 0.293 e. The molecule has 5 nitrogen and oxygen atoms in total. The van der Waals surface area contributed by atoms with E-state index in [2.05, 4.69) is 0 Å². The molecule has 0 aliphatic carbocycles. The fourth-order valence-corrected chi connectivity index (χ4v) is 2.31. The minimum atomic E-state index is -1.51. The van der Waals surface area contributed by atoms with Crippen molar-refractivity contribution in [1.82, 2.24) is 4.90 Å². The molecule has 0 N–H and O–H groups in total. The van der Waals surface area contributed by atoms with E-state index in [-0.39, 0.29) is 4.91 Å². The summed E-state index contributed by atoms with van der Waals surface area (Å²) in [5.74, 6) is -2.61. The molecular formula is C12H7FNO4S-. The summed E-state index contributed by atoms with van der Waals surface area (Å²) in [5, 5.41) is 9.76.